The normalized spacial score (nSPS) is 10.5. The Bertz CT molecular complexity index is 1160. The number of rotatable bonds is 7. The summed E-state index contributed by atoms with van der Waals surface area (Å²) < 4.78 is 21.7. The summed E-state index contributed by atoms with van der Waals surface area (Å²) in [5, 5.41) is 10.2. The summed E-state index contributed by atoms with van der Waals surface area (Å²) in [6.45, 7) is 5.55. The number of hydrogen-bond acceptors (Lipinski definition) is 7. The molecule has 33 heavy (non-hydrogen) atoms. The van der Waals surface area contributed by atoms with Crippen molar-refractivity contribution in [2.45, 2.75) is 27.4 Å². The lowest BCUT2D eigenvalue weighted by Gasteiger charge is -2.18. The molecule has 0 unspecified atom stereocenters. The molecule has 0 atom stereocenters. The number of hydrogen-bond donors (Lipinski definition) is 1. The highest BCUT2D eigenvalue weighted by Crippen LogP contribution is 2.36. The Kier molecular flexibility index (Phi) is 7.23. The van der Waals surface area contributed by atoms with Gasteiger partial charge in [0.1, 0.15) is 40.7 Å². The summed E-state index contributed by atoms with van der Waals surface area (Å²) in [6.07, 6.45) is 0. The lowest BCUT2D eigenvalue weighted by Crippen LogP contribution is -2.14. The Labute approximate surface area is 192 Å². The Balaban J connectivity index is 1.89. The van der Waals surface area contributed by atoms with Gasteiger partial charge >= 0.3 is 11.9 Å². The second-order valence-corrected chi connectivity index (χ2v) is 7.51. The van der Waals surface area contributed by atoms with Gasteiger partial charge in [0.15, 0.2) is 0 Å². The summed E-state index contributed by atoms with van der Waals surface area (Å²) in [5.74, 6) is -0.648. The maximum atomic E-state index is 13.0. The standard InChI is InChI=1S/C26H26O7/c1-15-11-19(13-20(27)22(15)25(28)31-5)33-26(29)23-16(2)12-21(17(3)24(23)30-4)32-14-18-9-7-6-8-10-18/h6-13,27H,14H2,1-5H3. The topological polar surface area (TPSA) is 91.3 Å². The predicted molar refractivity (Wildman–Crippen MR) is 122 cm³/mol. The monoisotopic (exact) mass is 450 g/mol. The summed E-state index contributed by atoms with van der Waals surface area (Å²) in [4.78, 5) is 24.9. The molecule has 0 amide bonds. The Morgan fingerprint density at radius 2 is 1.55 bits per heavy atom. The summed E-state index contributed by atoms with van der Waals surface area (Å²) in [7, 11) is 2.69. The smallest absolute Gasteiger partial charge is 0.347 e. The number of ether oxygens (including phenoxy) is 4. The van der Waals surface area contributed by atoms with Gasteiger partial charge in [0, 0.05) is 11.6 Å². The van der Waals surface area contributed by atoms with Gasteiger partial charge < -0.3 is 24.1 Å². The lowest BCUT2D eigenvalue weighted by molar-refractivity contribution is 0.0596. The molecule has 1 N–H and O–H groups in total. The van der Waals surface area contributed by atoms with Gasteiger partial charge in [-0.3, -0.25) is 0 Å². The zero-order chi connectivity index (χ0) is 24.1. The molecular weight excluding hydrogens is 424 g/mol. The Morgan fingerprint density at radius 3 is 2.15 bits per heavy atom. The number of phenols is 1. The third kappa shape index (κ3) is 5.09. The maximum Gasteiger partial charge on any atom is 0.347 e. The fourth-order valence-electron chi connectivity index (χ4n) is 3.57. The van der Waals surface area contributed by atoms with Gasteiger partial charge in [0.2, 0.25) is 0 Å². The van der Waals surface area contributed by atoms with Crippen LogP contribution in [0, 0.1) is 20.8 Å². The van der Waals surface area contributed by atoms with Crippen molar-refractivity contribution in [1.29, 1.82) is 0 Å². The van der Waals surface area contributed by atoms with E-state index in [2.05, 4.69) is 4.74 Å². The Hall–Kier alpha value is -4.00. The van der Waals surface area contributed by atoms with Crippen LogP contribution < -0.4 is 14.2 Å². The number of benzene rings is 3. The van der Waals surface area contributed by atoms with Gasteiger partial charge in [0.25, 0.3) is 0 Å². The molecule has 0 aliphatic carbocycles. The predicted octanol–water partition coefficient (Wildman–Crippen LogP) is 4.91. The molecule has 0 spiro atoms. The van der Waals surface area contributed by atoms with Crippen molar-refractivity contribution in [1.82, 2.24) is 0 Å². The van der Waals surface area contributed by atoms with E-state index >= 15 is 0 Å². The van der Waals surface area contributed by atoms with Crippen molar-refractivity contribution in [2.24, 2.45) is 0 Å². The van der Waals surface area contributed by atoms with Gasteiger partial charge in [-0.25, -0.2) is 9.59 Å². The zero-order valence-corrected chi connectivity index (χ0v) is 19.2. The van der Waals surface area contributed by atoms with Gasteiger partial charge in [-0.15, -0.1) is 0 Å². The van der Waals surface area contributed by atoms with Gasteiger partial charge in [-0.2, -0.15) is 0 Å². The van der Waals surface area contributed by atoms with Crippen LogP contribution in [0.5, 0.6) is 23.0 Å². The highest BCUT2D eigenvalue weighted by molar-refractivity contribution is 5.97. The first-order valence-electron chi connectivity index (χ1n) is 10.3. The van der Waals surface area contributed by atoms with E-state index in [0.717, 1.165) is 5.56 Å². The lowest BCUT2D eigenvalue weighted by atomic mass is 10.0. The van der Waals surface area contributed by atoms with Gasteiger partial charge in [-0.1, -0.05) is 30.3 Å². The average molecular weight is 450 g/mol. The van der Waals surface area contributed by atoms with Crippen LogP contribution in [0.15, 0.2) is 48.5 Å². The zero-order valence-electron chi connectivity index (χ0n) is 19.2. The first-order valence-corrected chi connectivity index (χ1v) is 10.3. The molecule has 0 fully saturated rings. The van der Waals surface area contributed by atoms with E-state index in [4.69, 9.17) is 14.2 Å². The summed E-state index contributed by atoms with van der Waals surface area (Å²) in [6, 6.07) is 14.2. The van der Waals surface area contributed by atoms with E-state index in [1.807, 2.05) is 30.3 Å². The SMILES string of the molecule is COC(=O)c1c(C)cc(OC(=O)c2c(C)cc(OCc3ccccc3)c(C)c2OC)cc1O. The third-order valence-corrected chi connectivity index (χ3v) is 5.21. The minimum Gasteiger partial charge on any atom is -0.507 e. The van der Waals surface area contributed by atoms with Gasteiger partial charge in [-0.05, 0) is 49.6 Å². The number of carbonyl (C=O) groups excluding carboxylic acids is 2. The summed E-state index contributed by atoms with van der Waals surface area (Å²) in [5.41, 5.74) is 2.96. The fourth-order valence-corrected chi connectivity index (χ4v) is 3.57. The molecule has 172 valence electrons. The van der Waals surface area contributed by atoms with E-state index in [9.17, 15) is 14.7 Å². The molecule has 3 rings (SSSR count). The summed E-state index contributed by atoms with van der Waals surface area (Å²) >= 11 is 0. The molecule has 0 saturated carbocycles. The van der Waals surface area contributed by atoms with E-state index in [-0.39, 0.29) is 22.6 Å². The van der Waals surface area contributed by atoms with E-state index in [0.29, 0.717) is 34.8 Å². The van der Waals surface area contributed by atoms with Crippen molar-refractivity contribution >= 4 is 11.9 Å². The second-order valence-electron chi connectivity index (χ2n) is 7.51. The second kappa shape index (κ2) is 10.1. The highest BCUT2D eigenvalue weighted by Gasteiger charge is 2.24. The molecule has 7 heteroatoms. The molecule has 0 heterocycles. The maximum absolute atomic E-state index is 13.0. The van der Waals surface area contributed by atoms with Crippen molar-refractivity contribution < 1.29 is 33.6 Å². The fraction of sp³-hybridized carbons (Fsp3) is 0.231. The quantitative estimate of drug-likeness (QED) is 0.404. The number of aryl methyl sites for hydroxylation is 2. The molecule has 3 aromatic carbocycles. The molecule has 7 nitrogen and oxygen atoms in total. The van der Waals surface area contributed by atoms with Crippen LogP contribution in [0.4, 0.5) is 0 Å². The third-order valence-electron chi connectivity index (χ3n) is 5.21. The number of carbonyl (C=O) groups is 2. The minimum atomic E-state index is -0.679. The molecule has 0 radical (unpaired) electrons. The molecule has 0 saturated heterocycles. The average Bonchev–Trinajstić information content (AvgIpc) is 2.78. The van der Waals surface area contributed by atoms with Crippen LogP contribution in [0.25, 0.3) is 0 Å². The van der Waals surface area contributed by atoms with Crippen LogP contribution in [-0.2, 0) is 11.3 Å². The van der Waals surface area contributed by atoms with Gasteiger partial charge in [0.05, 0.1) is 14.2 Å². The number of esters is 2. The number of methoxy groups -OCH3 is 2. The van der Waals surface area contributed by atoms with Crippen molar-refractivity contribution in [2.75, 3.05) is 14.2 Å². The van der Waals surface area contributed by atoms with Crippen LogP contribution >= 0.6 is 0 Å². The number of aromatic hydroxyl groups is 1. The van der Waals surface area contributed by atoms with Crippen LogP contribution in [0.3, 0.4) is 0 Å². The molecular formula is C26H26O7. The van der Waals surface area contributed by atoms with Crippen molar-refractivity contribution in [3.63, 3.8) is 0 Å². The first kappa shape index (κ1) is 23.7. The minimum absolute atomic E-state index is 0.0156. The molecule has 3 aromatic rings. The molecule has 0 aromatic heterocycles. The molecule has 0 aliphatic rings. The number of phenolic OH excluding ortho intramolecular Hbond substituents is 1. The van der Waals surface area contributed by atoms with Crippen LogP contribution in [0.2, 0.25) is 0 Å². The first-order chi connectivity index (χ1) is 15.8. The van der Waals surface area contributed by atoms with E-state index in [1.54, 1.807) is 26.8 Å². The van der Waals surface area contributed by atoms with Crippen LogP contribution in [0.1, 0.15) is 43.0 Å². The molecule has 0 bridgehead atoms. The molecule has 0 aliphatic heterocycles. The van der Waals surface area contributed by atoms with Crippen molar-refractivity contribution in [3.8, 4) is 23.0 Å². The van der Waals surface area contributed by atoms with E-state index in [1.165, 1.54) is 26.4 Å². The van der Waals surface area contributed by atoms with Crippen molar-refractivity contribution in [3.05, 3.63) is 81.9 Å². The Morgan fingerprint density at radius 1 is 0.879 bits per heavy atom. The van der Waals surface area contributed by atoms with Crippen LogP contribution in [-0.4, -0.2) is 31.3 Å². The van der Waals surface area contributed by atoms with E-state index < -0.39 is 11.9 Å². The highest BCUT2D eigenvalue weighted by atomic mass is 16.5. The largest absolute Gasteiger partial charge is 0.507 e.